The summed E-state index contributed by atoms with van der Waals surface area (Å²) in [5.41, 5.74) is 1.83. The maximum Gasteiger partial charge on any atom is 0.273 e. The van der Waals surface area contributed by atoms with E-state index in [9.17, 15) is 9.59 Å². The number of carbonyl (C=O) groups is 2. The fourth-order valence-corrected chi connectivity index (χ4v) is 3.81. The van der Waals surface area contributed by atoms with Crippen molar-refractivity contribution in [2.75, 3.05) is 0 Å². The molecule has 1 aromatic carbocycles. The SMILES string of the molecule is Cc1ccc2c(c1)c(C(=O)N[C@H](C(=O)NC1CCC1)C(C)(C)C)nn2CCCCC#N. The first-order valence-corrected chi connectivity index (χ1v) is 11.2. The number of hydrogen-bond donors (Lipinski definition) is 2. The van der Waals surface area contributed by atoms with Crippen LogP contribution in [0.3, 0.4) is 0 Å². The Hall–Kier alpha value is -2.88. The average Bonchev–Trinajstić information content (AvgIpc) is 3.02. The number of amides is 2. The molecule has 1 saturated carbocycles. The van der Waals surface area contributed by atoms with Crippen LogP contribution in [0.4, 0.5) is 0 Å². The number of aryl methyl sites for hydroxylation is 2. The molecule has 1 aliphatic rings. The fraction of sp³-hybridized carbons (Fsp3) is 0.583. The van der Waals surface area contributed by atoms with Crippen LogP contribution in [0.2, 0.25) is 0 Å². The van der Waals surface area contributed by atoms with E-state index in [-0.39, 0.29) is 17.9 Å². The van der Waals surface area contributed by atoms with Gasteiger partial charge in [0.15, 0.2) is 5.69 Å². The lowest BCUT2D eigenvalue weighted by molar-refractivity contribution is -0.126. The van der Waals surface area contributed by atoms with Crippen molar-refractivity contribution in [2.24, 2.45) is 5.41 Å². The number of aromatic nitrogens is 2. The Bertz CT molecular complexity index is 992. The third-order valence-electron chi connectivity index (χ3n) is 5.88. The molecule has 3 rings (SSSR count). The summed E-state index contributed by atoms with van der Waals surface area (Å²) < 4.78 is 1.83. The molecule has 0 aliphatic heterocycles. The summed E-state index contributed by atoms with van der Waals surface area (Å²) in [6, 6.07) is 7.66. The number of nitrogens with one attached hydrogen (secondary N) is 2. The van der Waals surface area contributed by atoms with Crippen molar-refractivity contribution in [3.8, 4) is 6.07 Å². The minimum Gasteiger partial charge on any atom is -0.352 e. The van der Waals surface area contributed by atoms with Crippen LogP contribution in [0.5, 0.6) is 0 Å². The Morgan fingerprint density at radius 3 is 2.65 bits per heavy atom. The Balaban J connectivity index is 1.84. The number of carbonyl (C=O) groups excluding carboxylic acids is 2. The first kappa shape index (κ1) is 22.8. The number of nitriles is 1. The molecule has 1 aromatic heterocycles. The zero-order valence-electron chi connectivity index (χ0n) is 19.0. The summed E-state index contributed by atoms with van der Waals surface area (Å²) in [6.07, 6.45) is 5.24. The van der Waals surface area contributed by atoms with Crippen LogP contribution in [0, 0.1) is 23.7 Å². The van der Waals surface area contributed by atoms with Crippen LogP contribution < -0.4 is 10.6 Å². The van der Waals surface area contributed by atoms with Gasteiger partial charge in [0.2, 0.25) is 5.91 Å². The molecule has 1 aliphatic carbocycles. The number of rotatable bonds is 8. The van der Waals surface area contributed by atoms with E-state index < -0.39 is 11.5 Å². The summed E-state index contributed by atoms with van der Waals surface area (Å²) in [5, 5.41) is 20.2. The van der Waals surface area contributed by atoms with Crippen LogP contribution in [0.1, 0.15) is 75.3 Å². The van der Waals surface area contributed by atoms with Gasteiger partial charge in [0.25, 0.3) is 5.91 Å². The quantitative estimate of drug-likeness (QED) is 0.630. The molecule has 31 heavy (non-hydrogen) atoms. The molecule has 0 bridgehead atoms. The largest absolute Gasteiger partial charge is 0.352 e. The van der Waals surface area contributed by atoms with Crippen LogP contribution in [0.25, 0.3) is 10.9 Å². The van der Waals surface area contributed by atoms with E-state index >= 15 is 0 Å². The monoisotopic (exact) mass is 423 g/mol. The molecule has 1 fully saturated rings. The minimum absolute atomic E-state index is 0.137. The summed E-state index contributed by atoms with van der Waals surface area (Å²) in [5.74, 6) is -0.475. The van der Waals surface area contributed by atoms with E-state index in [1.807, 2.05) is 50.6 Å². The van der Waals surface area contributed by atoms with Gasteiger partial charge in [-0.25, -0.2) is 0 Å². The Morgan fingerprint density at radius 1 is 1.29 bits per heavy atom. The second-order valence-electron chi connectivity index (χ2n) is 9.62. The zero-order valence-corrected chi connectivity index (χ0v) is 19.0. The first-order chi connectivity index (χ1) is 14.7. The van der Waals surface area contributed by atoms with Gasteiger partial charge in [-0.05, 0) is 56.6 Å². The van der Waals surface area contributed by atoms with Crippen molar-refractivity contribution in [1.29, 1.82) is 5.26 Å². The van der Waals surface area contributed by atoms with Gasteiger partial charge in [0, 0.05) is 24.4 Å². The maximum absolute atomic E-state index is 13.3. The lowest BCUT2D eigenvalue weighted by Gasteiger charge is -2.34. The van der Waals surface area contributed by atoms with Gasteiger partial charge in [0.1, 0.15) is 6.04 Å². The maximum atomic E-state index is 13.3. The van der Waals surface area contributed by atoms with E-state index in [1.165, 1.54) is 0 Å². The van der Waals surface area contributed by atoms with Crippen molar-refractivity contribution < 1.29 is 9.59 Å². The first-order valence-electron chi connectivity index (χ1n) is 11.2. The molecule has 2 amide bonds. The van der Waals surface area contributed by atoms with E-state index in [0.29, 0.717) is 18.7 Å². The summed E-state index contributed by atoms with van der Waals surface area (Å²) in [7, 11) is 0. The highest BCUT2D eigenvalue weighted by molar-refractivity contribution is 6.06. The zero-order chi connectivity index (χ0) is 22.6. The Kier molecular flexibility index (Phi) is 6.99. The average molecular weight is 424 g/mol. The van der Waals surface area contributed by atoms with E-state index in [2.05, 4.69) is 21.8 Å². The number of fused-ring (bicyclic) bond motifs is 1. The van der Waals surface area contributed by atoms with Crippen molar-refractivity contribution in [1.82, 2.24) is 20.4 Å². The molecule has 0 radical (unpaired) electrons. The smallest absolute Gasteiger partial charge is 0.273 e. The normalized spacial score (nSPS) is 15.2. The number of nitrogens with zero attached hydrogens (tertiary/aromatic N) is 3. The summed E-state index contributed by atoms with van der Waals surface area (Å²) in [4.78, 5) is 26.2. The number of hydrogen-bond acceptors (Lipinski definition) is 4. The van der Waals surface area contributed by atoms with Gasteiger partial charge in [-0.3, -0.25) is 14.3 Å². The molecular formula is C24H33N5O2. The van der Waals surface area contributed by atoms with Gasteiger partial charge in [-0.1, -0.05) is 32.4 Å². The van der Waals surface area contributed by atoms with Gasteiger partial charge in [0.05, 0.1) is 11.6 Å². The van der Waals surface area contributed by atoms with Gasteiger partial charge in [-0.2, -0.15) is 10.4 Å². The topological polar surface area (TPSA) is 99.8 Å². The molecule has 7 heteroatoms. The van der Waals surface area contributed by atoms with E-state index in [0.717, 1.165) is 48.6 Å². The van der Waals surface area contributed by atoms with Crippen molar-refractivity contribution >= 4 is 22.7 Å². The molecule has 166 valence electrons. The lowest BCUT2D eigenvalue weighted by Crippen LogP contribution is -2.56. The van der Waals surface area contributed by atoms with Gasteiger partial charge in [-0.15, -0.1) is 0 Å². The predicted octanol–water partition coefficient (Wildman–Crippen LogP) is 3.85. The van der Waals surface area contributed by atoms with Crippen LogP contribution >= 0.6 is 0 Å². The molecule has 1 atom stereocenters. The molecule has 0 spiro atoms. The second-order valence-corrected chi connectivity index (χ2v) is 9.62. The highest BCUT2D eigenvalue weighted by atomic mass is 16.2. The summed E-state index contributed by atoms with van der Waals surface area (Å²) >= 11 is 0. The molecule has 0 saturated heterocycles. The molecule has 0 unspecified atom stereocenters. The van der Waals surface area contributed by atoms with Crippen molar-refractivity contribution in [3.63, 3.8) is 0 Å². The van der Waals surface area contributed by atoms with Crippen LogP contribution in [-0.2, 0) is 11.3 Å². The summed E-state index contributed by atoms with van der Waals surface area (Å²) in [6.45, 7) is 8.48. The molecule has 7 nitrogen and oxygen atoms in total. The van der Waals surface area contributed by atoms with Crippen molar-refractivity contribution in [2.45, 2.75) is 84.8 Å². The number of benzene rings is 1. The predicted molar refractivity (Wildman–Crippen MR) is 120 cm³/mol. The highest BCUT2D eigenvalue weighted by Gasteiger charge is 2.35. The van der Waals surface area contributed by atoms with Gasteiger partial charge < -0.3 is 10.6 Å². The molecule has 1 heterocycles. The lowest BCUT2D eigenvalue weighted by atomic mass is 9.85. The van der Waals surface area contributed by atoms with Crippen LogP contribution in [-0.4, -0.2) is 33.7 Å². The Labute approximate surface area is 184 Å². The van der Waals surface area contributed by atoms with E-state index in [1.54, 1.807) is 0 Å². The minimum atomic E-state index is -0.652. The second kappa shape index (κ2) is 9.51. The highest BCUT2D eigenvalue weighted by Crippen LogP contribution is 2.25. The third kappa shape index (κ3) is 5.43. The fourth-order valence-electron chi connectivity index (χ4n) is 3.81. The molecular weight excluding hydrogens is 390 g/mol. The standard InChI is InChI=1S/C24H33N5O2/c1-16-11-12-19-18(15-16)20(28-29(19)14-7-5-6-13-25)22(30)27-21(24(2,3)4)23(31)26-17-9-8-10-17/h11-12,15,17,21H,5-10,14H2,1-4H3,(H,26,31)(H,27,30)/t21-/m1/s1. The Morgan fingerprint density at radius 2 is 2.03 bits per heavy atom. The van der Waals surface area contributed by atoms with Gasteiger partial charge >= 0.3 is 0 Å². The number of unbranched alkanes of at least 4 members (excludes halogenated alkanes) is 2. The van der Waals surface area contributed by atoms with E-state index in [4.69, 9.17) is 5.26 Å². The third-order valence-corrected chi connectivity index (χ3v) is 5.88. The van der Waals surface area contributed by atoms with Crippen LogP contribution in [0.15, 0.2) is 18.2 Å². The molecule has 2 aromatic rings. The van der Waals surface area contributed by atoms with Crippen molar-refractivity contribution in [3.05, 3.63) is 29.5 Å². The molecule has 2 N–H and O–H groups in total.